The molecule has 0 spiro atoms. The first-order valence-electron chi connectivity index (χ1n) is 5.54. The van der Waals surface area contributed by atoms with Gasteiger partial charge in [0.25, 0.3) is 0 Å². The zero-order valence-electron chi connectivity index (χ0n) is 10.5. The lowest BCUT2D eigenvalue weighted by atomic mass is 10.1. The molecule has 0 amide bonds. The van der Waals surface area contributed by atoms with E-state index in [1.807, 2.05) is 25.1 Å². The largest absolute Gasteiger partial charge is 0.480 e. The van der Waals surface area contributed by atoms with Crippen LogP contribution in [0.15, 0.2) is 24.3 Å². The van der Waals surface area contributed by atoms with Gasteiger partial charge in [-0.15, -0.1) is 0 Å². The van der Waals surface area contributed by atoms with Gasteiger partial charge in [0.1, 0.15) is 0 Å². The van der Waals surface area contributed by atoms with E-state index in [1.54, 1.807) is 13.0 Å². The topological polar surface area (TPSA) is 83.5 Å². The maximum absolute atomic E-state index is 11.7. The molecular weight excluding hydrogens is 254 g/mol. The molecule has 1 rings (SSSR count). The van der Waals surface area contributed by atoms with Gasteiger partial charge in [-0.1, -0.05) is 29.8 Å². The number of carbonyl (C=O) groups is 1. The van der Waals surface area contributed by atoms with Gasteiger partial charge in [-0.3, -0.25) is 4.79 Å². The minimum Gasteiger partial charge on any atom is -0.480 e. The number of carboxylic acids is 1. The Bertz CT molecular complexity index is 539. The third-order valence-electron chi connectivity index (χ3n) is 2.70. The summed E-state index contributed by atoms with van der Waals surface area (Å²) in [6, 6.07) is 6.93. The highest BCUT2D eigenvalue weighted by molar-refractivity contribution is 7.90. The van der Waals surface area contributed by atoms with Gasteiger partial charge in [0.15, 0.2) is 5.25 Å². The van der Waals surface area contributed by atoms with Crippen LogP contribution in [0.4, 0.5) is 0 Å². The van der Waals surface area contributed by atoms with Crippen LogP contribution in [0.25, 0.3) is 0 Å². The first-order valence-corrected chi connectivity index (χ1v) is 7.09. The van der Waals surface area contributed by atoms with E-state index in [1.165, 1.54) is 0 Å². The number of hydrogen-bond acceptors (Lipinski definition) is 3. The summed E-state index contributed by atoms with van der Waals surface area (Å²) >= 11 is 0. The van der Waals surface area contributed by atoms with Gasteiger partial charge in [0.2, 0.25) is 10.0 Å². The lowest BCUT2D eigenvalue weighted by Gasteiger charge is -2.17. The van der Waals surface area contributed by atoms with Crippen molar-refractivity contribution in [3.8, 4) is 0 Å². The molecule has 2 atom stereocenters. The van der Waals surface area contributed by atoms with Crippen LogP contribution in [0.2, 0.25) is 0 Å². The van der Waals surface area contributed by atoms with Crippen LogP contribution in [-0.2, 0) is 14.8 Å². The Morgan fingerprint density at radius 3 is 2.44 bits per heavy atom. The molecule has 1 aromatic carbocycles. The SMILES string of the molecule is Cc1cccc([C@@H](C)NS(=O)(=O)C(C)C(=O)O)c1. The Kier molecular flexibility index (Phi) is 4.48. The highest BCUT2D eigenvalue weighted by atomic mass is 32.2. The quantitative estimate of drug-likeness (QED) is 0.849. The number of aryl methyl sites for hydroxylation is 1. The van der Waals surface area contributed by atoms with Crippen LogP contribution >= 0.6 is 0 Å². The number of aliphatic carboxylic acids is 1. The predicted molar refractivity (Wildman–Crippen MR) is 68.7 cm³/mol. The Labute approximate surface area is 107 Å². The monoisotopic (exact) mass is 271 g/mol. The molecule has 0 aliphatic rings. The molecule has 6 heteroatoms. The Hall–Kier alpha value is -1.40. The smallest absolute Gasteiger partial charge is 0.323 e. The number of carboxylic acid groups (broad SMARTS) is 1. The second-order valence-corrected chi connectivity index (χ2v) is 6.31. The van der Waals surface area contributed by atoms with E-state index >= 15 is 0 Å². The highest BCUT2D eigenvalue weighted by Crippen LogP contribution is 2.16. The van der Waals surface area contributed by atoms with Crippen molar-refractivity contribution < 1.29 is 18.3 Å². The summed E-state index contributed by atoms with van der Waals surface area (Å²) in [7, 11) is -3.87. The van der Waals surface area contributed by atoms with Crippen LogP contribution < -0.4 is 4.72 Å². The van der Waals surface area contributed by atoms with Gasteiger partial charge in [0, 0.05) is 6.04 Å². The molecule has 0 aliphatic carbocycles. The van der Waals surface area contributed by atoms with E-state index in [4.69, 9.17) is 5.11 Å². The zero-order valence-corrected chi connectivity index (χ0v) is 11.4. The molecule has 0 fully saturated rings. The lowest BCUT2D eigenvalue weighted by Crippen LogP contribution is -2.38. The number of rotatable bonds is 5. The molecule has 0 bridgehead atoms. The van der Waals surface area contributed by atoms with E-state index in [2.05, 4.69) is 4.72 Å². The number of benzene rings is 1. The van der Waals surface area contributed by atoms with Gasteiger partial charge in [-0.2, -0.15) is 0 Å². The fraction of sp³-hybridized carbons (Fsp3) is 0.417. The second kappa shape index (κ2) is 5.49. The zero-order chi connectivity index (χ0) is 13.9. The van der Waals surface area contributed by atoms with Gasteiger partial charge in [-0.05, 0) is 26.3 Å². The van der Waals surface area contributed by atoms with Crippen molar-refractivity contribution in [3.63, 3.8) is 0 Å². The van der Waals surface area contributed by atoms with Gasteiger partial charge >= 0.3 is 5.97 Å². The molecule has 0 aliphatic heterocycles. The molecule has 1 unspecified atom stereocenters. The fourth-order valence-corrected chi connectivity index (χ4v) is 2.59. The summed E-state index contributed by atoms with van der Waals surface area (Å²) in [6.07, 6.45) is 0. The van der Waals surface area contributed by atoms with E-state index in [0.717, 1.165) is 18.1 Å². The lowest BCUT2D eigenvalue weighted by molar-refractivity contribution is -0.136. The first-order chi connectivity index (χ1) is 8.24. The van der Waals surface area contributed by atoms with E-state index in [9.17, 15) is 13.2 Å². The molecule has 0 saturated carbocycles. The maximum Gasteiger partial charge on any atom is 0.323 e. The minimum absolute atomic E-state index is 0.461. The normalized spacial score (nSPS) is 15.1. The van der Waals surface area contributed by atoms with Gasteiger partial charge in [0.05, 0.1) is 0 Å². The van der Waals surface area contributed by atoms with Crippen LogP contribution in [0.3, 0.4) is 0 Å². The van der Waals surface area contributed by atoms with Crippen LogP contribution in [-0.4, -0.2) is 24.7 Å². The van der Waals surface area contributed by atoms with Gasteiger partial charge < -0.3 is 5.11 Å². The minimum atomic E-state index is -3.87. The Morgan fingerprint density at radius 2 is 1.94 bits per heavy atom. The molecule has 100 valence electrons. The summed E-state index contributed by atoms with van der Waals surface area (Å²) in [5, 5.41) is 7.26. The molecule has 0 radical (unpaired) electrons. The van der Waals surface area contributed by atoms with Crippen LogP contribution in [0.5, 0.6) is 0 Å². The van der Waals surface area contributed by atoms with Crippen molar-refractivity contribution in [1.29, 1.82) is 0 Å². The average Bonchev–Trinajstić information content (AvgIpc) is 2.27. The number of nitrogens with one attached hydrogen (secondary N) is 1. The summed E-state index contributed by atoms with van der Waals surface area (Å²) in [6.45, 7) is 4.74. The van der Waals surface area contributed by atoms with Crippen LogP contribution in [0.1, 0.15) is 31.0 Å². The standard InChI is InChI=1S/C12H17NO4S/c1-8-5-4-6-11(7-8)9(2)13-18(16,17)10(3)12(14)15/h4-7,9-10,13H,1-3H3,(H,14,15)/t9-,10?/m1/s1. The first kappa shape index (κ1) is 14.7. The second-order valence-electron chi connectivity index (χ2n) is 4.28. The molecule has 18 heavy (non-hydrogen) atoms. The molecule has 2 N–H and O–H groups in total. The van der Waals surface area contributed by atoms with Crippen molar-refractivity contribution in [2.24, 2.45) is 0 Å². The van der Waals surface area contributed by atoms with Crippen molar-refractivity contribution in [2.45, 2.75) is 32.1 Å². The summed E-state index contributed by atoms with van der Waals surface area (Å²) in [4.78, 5) is 10.7. The molecule has 1 aromatic rings. The number of hydrogen-bond donors (Lipinski definition) is 2. The van der Waals surface area contributed by atoms with Crippen molar-refractivity contribution >= 4 is 16.0 Å². The van der Waals surface area contributed by atoms with Gasteiger partial charge in [-0.25, -0.2) is 13.1 Å². The number of sulfonamides is 1. The third-order valence-corrected chi connectivity index (χ3v) is 4.51. The van der Waals surface area contributed by atoms with E-state index < -0.39 is 27.3 Å². The predicted octanol–water partition coefficient (Wildman–Crippen LogP) is 1.45. The summed E-state index contributed by atoms with van der Waals surface area (Å²) in [5.41, 5.74) is 1.82. The molecule has 0 saturated heterocycles. The van der Waals surface area contributed by atoms with E-state index in [-0.39, 0.29) is 0 Å². The maximum atomic E-state index is 11.7. The molecular formula is C12H17NO4S. The van der Waals surface area contributed by atoms with E-state index in [0.29, 0.717) is 0 Å². The third kappa shape index (κ3) is 3.54. The molecule has 5 nitrogen and oxygen atoms in total. The molecule has 0 aromatic heterocycles. The highest BCUT2D eigenvalue weighted by Gasteiger charge is 2.29. The fourth-order valence-electron chi connectivity index (χ4n) is 1.49. The van der Waals surface area contributed by atoms with Crippen molar-refractivity contribution in [1.82, 2.24) is 4.72 Å². The average molecular weight is 271 g/mol. The Morgan fingerprint density at radius 1 is 1.33 bits per heavy atom. The molecule has 0 heterocycles. The van der Waals surface area contributed by atoms with Crippen molar-refractivity contribution in [3.05, 3.63) is 35.4 Å². The Balaban J connectivity index is 2.88. The summed E-state index contributed by atoms with van der Waals surface area (Å²) < 4.78 is 25.9. The van der Waals surface area contributed by atoms with Crippen LogP contribution in [0, 0.1) is 6.92 Å². The van der Waals surface area contributed by atoms with Crippen molar-refractivity contribution in [2.75, 3.05) is 0 Å². The summed E-state index contributed by atoms with van der Waals surface area (Å²) in [5.74, 6) is -1.36.